The van der Waals surface area contributed by atoms with E-state index >= 15 is 0 Å². The summed E-state index contributed by atoms with van der Waals surface area (Å²) in [6, 6.07) is 7.63. The molecule has 0 aliphatic rings. The number of carbonyl (C=O) groups is 1. The number of rotatable bonds is 6. The van der Waals surface area contributed by atoms with E-state index in [1.54, 1.807) is 30.9 Å². The van der Waals surface area contributed by atoms with Crippen molar-refractivity contribution in [2.75, 3.05) is 0 Å². The first-order chi connectivity index (χ1) is 14.1. The van der Waals surface area contributed by atoms with Gasteiger partial charge in [-0.2, -0.15) is 0 Å². The highest BCUT2D eigenvalue weighted by Gasteiger charge is 2.15. The van der Waals surface area contributed by atoms with Gasteiger partial charge < -0.3 is 4.52 Å². The second kappa shape index (κ2) is 8.10. The Balaban J connectivity index is 1.43. The lowest BCUT2D eigenvalue weighted by atomic mass is 10.0. The first kappa shape index (κ1) is 18.6. The average molecular weight is 385 g/mol. The van der Waals surface area contributed by atoms with Crippen LogP contribution in [0, 0.1) is 13.8 Å². The fourth-order valence-corrected chi connectivity index (χ4v) is 3.10. The molecule has 0 aliphatic carbocycles. The van der Waals surface area contributed by atoms with E-state index in [0.717, 1.165) is 28.1 Å². The van der Waals surface area contributed by atoms with Crippen molar-refractivity contribution in [1.29, 1.82) is 0 Å². The Morgan fingerprint density at radius 1 is 1.00 bits per heavy atom. The van der Waals surface area contributed by atoms with Gasteiger partial charge in [0.05, 0.1) is 11.9 Å². The number of nitrogens with zero attached hydrogens (tertiary/aromatic N) is 5. The predicted octanol–water partition coefficient (Wildman–Crippen LogP) is 4.02. The second-order valence-electron chi connectivity index (χ2n) is 6.79. The maximum Gasteiger partial charge on any atom is 0.187 e. The Hall–Kier alpha value is -3.74. The van der Waals surface area contributed by atoms with E-state index in [4.69, 9.17) is 4.52 Å². The zero-order valence-electron chi connectivity index (χ0n) is 16.2. The van der Waals surface area contributed by atoms with Crippen molar-refractivity contribution in [1.82, 2.24) is 25.1 Å². The summed E-state index contributed by atoms with van der Waals surface area (Å²) in [5.41, 5.74) is 5.81. The van der Waals surface area contributed by atoms with Gasteiger partial charge in [0.1, 0.15) is 11.4 Å². The zero-order chi connectivity index (χ0) is 20.2. The van der Waals surface area contributed by atoms with Gasteiger partial charge in [-0.05, 0) is 43.5 Å². The van der Waals surface area contributed by atoms with Gasteiger partial charge in [0.25, 0.3) is 0 Å². The van der Waals surface area contributed by atoms with Gasteiger partial charge in [0.15, 0.2) is 11.5 Å². The monoisotopic (exact) mass is 385 g/mol. The molecule has 0 aromatic carbocycles. The number of carbonyl (C=O) groups excluding carboxylic acids is 1. The van der Waals surface area contributed by atoms with E-state index in [1.807, 2.05) is 32.2 Å². The van der Waals surface area contributed by atoms with Gasteiger partial charge in [-0.1, -0.05) is 11.2 Å². The van der Waals surface area contributed by atoms with Gasteiger partial charge in [-0.3, -0.25) is 19.7 Å². The summed E-state index contributed by atoms with van der Waals surface area (Å²) in [7, 11) is 0. The molecule has 0 atom stereocenters. The first-order valence-corrected chi connectivity index (χ1v) is 9.25. The quantitative estimate of drug-likeness (QED) is 0.463. The Kier molecular flexibility index (Phi) is 5.20. The molecule has 4 aromatic heterocycles. The highest BCUT2D eigenvalue weighted by Crippen LogP contribution is 2.23. The Bertz CT molecular complexity index is 1150. The maximum absolute atomic E-state index is 12.5. The van der Waals surface area contributed by atoms with Crippen LogP contribution in [0.3, 0.4) is 0 Å². The van der Waals surface area contributed by atoms with Crippen LogP contribution in [-0.2, 0) is 6.42 Å². The van der Waals surface area contributed by atoms with Gasteiger partial charge >= 0.3 is 0 Å². The van der Waals surface area contributed by atoms with E-state index in [2.05, 4.69) is 31.2 Å². The lowest BCUT2D eigenvalue weighted by Gasteiger charge is -2.08. The highest BCUT2D eigenvalue weighted by molar-refractivity contribution is 5.95. The van der Waals surface area contributed by atoms with Crippen LogP contribution in [0.1, 0.15) is 33.7 Å². The Morgan fingerprint density at radius 3 is 2.66 bits per heavy atom. The van der Waals surface area contributed by atoms with E-state index in [0.29, 0.717) is 30.0 Å². The molecule has 144 valence electrons. The lowest BCUT2D eigenvalue weighted by Crippen LogP contribution is -2.02. The van der Waals surface area contributed by atoms with Crippen LogP contribution in [0.2, 0.25) is 0 Å². The molecule has 29 heavy (non-hydrogen) atoms. The molecule has 0 aliphatic heterocycles. The summed E-state index contributed by atoms with van der Waals surface area (Å²) in [6.07, 6.45) is 9.20. The number of Topliss-reactive ketones (excluding diaryl/α,β-unsaturated/α-hetero) is 1. The van der Waals surface area contributed by atoms with Crippen LogP contribution in [-0.4, -0.2) is 30.9 Å². The third-order valence-electron chi connectivity index (χ3n) is 4.56. The van der Waals surface area contributed by atoms with Crippen LogP contribution in [0.15, 0.2) is 59.8 Å². The number of ketones is 1. The van der Waals surface area contributed by atoms with Crippen molar-refractivity contribution in [3.8, 4) is 22.7 Å². The zero-order valence-corrected chi connectivity index (χ0v) is 16.2. The molecule has 0 radical (unpaired) electrons. The number of hydrogen-bond acceptors (Lipinski definition) is 7. The molecule has 0 unspecified atom stereocenters. The minimum atomic E-state index is -0.0876. The van der Waals surface area contributed by atoms with Crippen LogP contribution < -0.4 is 0 Å². The SMILES string of the molecule is Cc1cc(-c2ncc(CCC(=O)c3cc(-c4cnccn4)on3)cc2C)ccn1. The molecule has 0 fully saturated rings. The van der Waals surface area contributed by atoms with Crippen LogP contribution in [0.4, 0.5) is 0 Å². The van der Waals surface area contributed by atoms with Crippen LogP contribution in [0.5, 0.6) is 0 Å². The van der Waals surface area contributed by atoms with E-state index in [9.17, 15) is 4.79 Å². The summed E-state index contributed by atoms with van der Waals surface area (Å²) in [5, 5.41) is 3.87. The summed E-state index contributed by atoms with van der Waals surface area (Å²) in [6.45, 7) is 3.98. The summed E-state index contributed by atoms with van der Waals surface area (Å²) in [5.74, 6) is 0.339. The van der Waals surface area contributed by atoms with Crippen molar-refractivity contribution in [3.63, 3.8) is 0 Å². The standard InChI is InChI=1S/C22H19N5O2/c1-14-9-16(12-26-22(14)17-5-6-24-15(2)10-17)3-4-20(28)18-11-21(29-27-18)19-13-23-7-8-25-19/h5-13H,3-4H2,1-2H3. The van der Waals surface area contributed by atoms with Crippen LogP contribution >= 0.6 is 0 Å². The fraction of sp³-hybridized carbons (Fsp3) is 0.182. The average Bonchev–Trinajstić information content (AvgIpc) is 3.23. The van der Waals surface area contributed by atoms with Crippen molar-refractivity contribution in [3.05, 3.63) is 77.8 Å². The number of pyridine rings is 2. The molecule has 4 aromatic rings. The predicted molar refractivity (Wildman–Crippen MR) is 107 cm³/mol. The number of aromatic nitrogens is 5. The van der Waals surface area contributed by atoms with Gasteiger partial charge in [0.2, 0.25) is 0 Å². The molecule has 4 heterocycles. The molecule has 0 spiro atoms. The van der Waals surface area contributed by atoms with E-state index < -0.39 is 0 Å². The Labute approximate surface area is 167 Å². The fourth-order valence-electron chi connectivity index (χ4n) is 3.10. The molecule has 0 amide bonds. The summed E-state index contributed by atoms with van der Waals surface area (Å²) < 4.78 is 5.23. The van der Waals surface area contributed by atoms with E-state index in [-0.39, 0.29) is 5.78 Å². The number of hydrogen-bond donors (Lipinski definition) is 0. The van der Waals surface area contributed by atoms with E-state index in [1.165, 1.54) is 0 Å². The second-order valence-corrected chi connectivity index (χ2v) is 6.79. The molecule has 4 rings (SSSR count). The van der Waals surface area contributed by atoms with Gasteiger partial charge in [-0.15, -0.1) is 0 Å². The largest absolute Gasteiger partial charge is 0.354 e. The number of aryl methyl sites for hydroxylation is 3. The summed E-state index contributed by atoms with van der Waals surface area (Å²) in [4.78, 5) is 29.4. The molecule has 7 heteroatoms. The molecule has 0 saturated heterocycles. The van der Waals surface area contributed by atoms with Gasteiger partial charge in [-0.25, -0.2) is 4.98 Å². The third kappa shape index (κ3) is 4.24. The van der Waals surface area contributed by atoms with Crippen molar-refractivity contribution in [2.45, 2.75) is 26.7 Å². The first-order valence-electron chi connectivity index (χ1n) is 9.25. The molecule has 0 N–H and O–H groups in total. The minimum absolute atomic E-state index is 0.0876. The molecule has 0 saturated carbocycles. The van der Waals surface area contributed by atoms with Crippen LogP contribution in [0.25, 0.3) is 22.7 Å². The normalized spacial score (nSPS) is 10.8. The molecule has 0 bridgehead atoms. The van der Waals surface area contributed by atoms with Crippen molar-refractivity contribution < 1.29 is 9.32 Å². The minimum Gasteiger partial charge on any atom is -0.354 e. The third-order valence-corrected chi connectivity index (χ3v) is 4.56. The lowest BCUT2D eigenvalue weighted by molar-refractivity contribution is 0.0974. The molecule has 7 nitrogen and oxygen atoms in total. The summed E-state index contributed by atoms with van der Waals surface area (Å²) >= 11 is 0. The topological polar surface area (TPSA) is 94.7 Å². The molecular formula is C22H19N5O2. The molecular weight excluding hydrogens is 366 g/mol. The maximum atomic E-state index is 12.5. The van der Waals surface area contributed by atoms with Crippen molar-refractivity contribution >= 4 is 5.78 Å². The highest BCUT2D eigenvalue weighted by atomic mass is 16.5. The smallest absolute Gasteiger partial charge is 0.187 e. The van der Waals surface area contributed by atoms with Gasteiger partial charge in [0, 0.05) is 48.5 Å². The Morgan fingerprint density at radius 2 is 1.90 bits per heavy atom. The van der Waals surface area contributed by atoms with Crippen molar-refractivity contribution in [2.24, 2.45) is 0 Å².